The maximum absolute atomic E-state index is 12.2. The molecule has 6 nitrogen and oxygen atoms in total. The first-order chi connectivity index (χ1) is 12.0. The molecule has 1 atom stereocenters. The Morgan fingerprint density at radius 3 is 2.56 bits per heavy atom. The normalized spacial score (nSPS) is 17.1. The van der Waals surface area contributed by atoms with Crippen LogP contribution in [0.15, 0.2) is 29.0 Å². The average Bonchev–Trinajstić information content (AvgIpc) is 2.60. The van der Waals surface area contributed by atoms with Crippen LogP contribution in [0.2, 0.25) is 0 Å². The maximum atomic E-state index is 12.2. The van der Waals surface area contributed by atoms with Gasteiger partial charge in [-0.2, -0.15) is 0 Å². The minimum absolute atomic E-state index is 0.0971. The number of rotatable bonds is 4. The number of piperazine rings is 1. The lowest BCUT2D eigenvalue weighted by atomic mass is 10.2. The highest BCUT2D eigenvalue weighted by molar-refractivity contribution is 9.10. The molecular formula is C18H24BrN5O. The Kier molecular flexibility index (Phi) is 5.54. The number of carbonyl (C=O) groups excluding carboxylic acids is 1. The summed E-state index contributed by atoms with van der Waals surface area (Å²) in [6, 6.07) is 6.11. The third kappa shape index (κ3) is 4.10. The van der Waals surface area contributed by atoms with E-state index in [0.717, 1.165) is 47.4 Å². The maximum Gasteiger partial charge on any atom is 0.237 e. The van der Waals surface area contributed by atoms with Crippen LogP contribution in [0.5, 0.6) is 0 Å². The molecule has 2 heterocycles. The molecule has 1 aromatic carbocycles. The summed E-state index contributed by atoms with van der Waals surface area (Å²) < 4.78 is 1.02. The van der Waals surface area contributed by atoms with Crippen molar-refractivity contribution in [2.75, 3.05) is 31.1 Å². The number of anilines is 1. The van der Waals surface area contributed by atoms with E-state index >= 15 is 0 Å². The molecule has 3 rings (SSSR count). The number of benzene rings is 1. The second-order valence-corrected chi connectivity index (χ2v) is 7.64. The Bertz CT molecular complexity index is 758. The molecule has 25 heavy (non-hydrogen) atoms. The molecule has 1 unspecified atom stereocenters. The molecule has 0 saturated carbocycles. The second-order valence-electron chi connectivity index (χ2n) is 6.72. The molecule has 1 amide bonds. The number of hydrogen-bond donors (Lipinski definition) is 1. The van der Waals surface area contributed by atoms with E-state index in [-0.39, 0.29) is 18.0 Å². The van der Waals surface area contributed by atoms with Crippen molar-refractivity contribution in [3.8, 4) is 0 Å². The quantitative estimate of drug-likeness (QED) is 0.845. The molecule has 7 heteroatoms. The number of nitrogens with one attached hydrogen (secondary N) is 1. The van der Waals surface area contributed by atoms with Gasteiger partial charge < -0.3 is 10.2 Å². The van der Waals surface area contributed by atoms with Gasteiger partial charge in [-0.25, -0.2) is 9.97 Å². The lowest BCUT2D eigenvalue weighted by molar-refractivity contribution is -0.126. The number of carbonyl (C=O) groups is 1. The van der Waals surface area contributed by atoms with Gasteiger partial charge in [-0.05, 0) is 39.0 Å². The molecule has 0 radical (unpaired) electrons. The Balaban J connectivity index is 1.71. The van der Waals surface area contributed by atoms with Crippen molar-refractivity contribution in [1.82, 2.24) is 20.2 Å². The van der Waals surface area contributed by atoms with E-state index in [9.17, 15) is 4.79 Å². The third-order valence-corrected chi connectivity index (χ3v) is 5.04. The summed E-state index contributed by atoms with van der Waals surface area (Å²) in [5, 5.41) is 4.04. The van der Waals surface area contributed by atoms with Gasteiger partial charge in [0.05, 0.1) is 11.6 Å². The number of nitrogens with zero attached hydrogens (tertiary/aromatic N) is 4. The number of hydrogen-bond acceptors (Lipinski definition) is 5. The second kappa shape index (κ2) is 7.66. The molecule has 1 fully saturated rings. The van der Waals surface area contributed by atoms with Crippen LogP contribution in [0.3, 0.4) is 0 Å². The van der Waals surface area contributed by atoms with Gasteiger partial charge in [-0.3, -0.25) is 9.69 Å². The SMILES string of the molecule is CC(C)NC(=O)C(C)N1CCN(c2ncnc3ccc(Br)cc23)CC1. The van der Waals surface area contributed by atoms with Gasteiger partial charge >= 0.3 is 0 Å². The third-order valence-electron chi connectivity index (χ3n) is 4.55. The van der Waals surface area contributed by atoms with Crippen molar-refractivity contribution < 1.29 is 4.79 Å². The van der Waals surface area contributed by atoms with Gasteiger partial charge in [0.1, 0.15) is 12.1 Å². The van der Waals surface area contributed by atoms with E-state index in [0.29, 0.717) is 0 Å². The number of fused-ring (bicyclic) bond motifs is 1. The highest BCUT2D eigenvalue weighted by Crippen LogP contribution is 2.27. The summed E-state index contributed by atoms with van der Waals surface area (Å²) in [7, 11) is 0. The molecular weight excluding hydrogens is 382 g/mol. The van der Waals surface area contributed by atoms with Crippen molar-refractivity contribution in [2.45, 2.75) is 32.9 Å². The monoisotopic (exact) mass is 405 g/mol. The standard InChI is InChI=1S/C18H24BrN5O/c1-12(2)22-18(25)13(3)23-6-8-24(9-7-23)17-15-10-14(19)4-5-16(15)20-11-21-17/h4-5,10-13H,6-9H2,1-3H3,(H,22,25). The van der Waals surface area contributed by atoms with Crippen molar-refractivity contribution >= 4 is 38.6 Å². The molecule has 1 aliphatic rings. The predicted molar refractivity (Wildman–Crippen MR) is 104 cm³/mol. The van der Waals surface area contributed by atoms with Crippen molar-refractivity contribution in [3.63, 3.8) is 0 Å². The number of aromatic nitrogens is 2. The van der Waals surface area contributed by atoms with Gasteiger partial charge in [-0.1, -0.05) is 15.9 Å². The zero-order valence-corrected chi connectivity index (χ0v) is 16.5. The smallest absolute Gasteiger partial charge is 0.237 e. The Morgan fingerprint density at radius 1 is 1.16 bits per heavy atom. The molecule has 1 aliphatic heterocycles. The van der Waals surface area contributed by atoms with Crippen LogP contribution in [0.4, 0.5) is 5.82 Å². The van der Waals surface area contributed by atoms with Crippen molar-refractivity contribution in [1.29, 1.82) is 0 Å². The summed E-state index contributed by atoms with van der Waals surface area (Å²) in [6.45, 7) is 9.32. The minimum atomic E-state index is -0.110. The van der Waals surface area contributed by atoms with E-state index in [1.165, 1.54) is 0 Å². The van der Waals surface area contributed by atoms with Crippen LogP contribution in [-0.4, -0.2) is 59.0 Å². The van der Waals surface area contributed by atoms with Crippen LogP contribution < -0.4 is 10.2 Å². The van der Waals surface area contributed by atoms with Gasteiger partial charge in [0, 0.05) is 42.1 Å². The summed E-state index contributed by atoms with van der Waals surface area (Å²) in [5.74, 6) is 1.06. The number of amides is 1. The fraction of sp³-hybridized carbons (Fsp3) is 0.500. The zero-order valence-electron chi connectivity index (χ0n) is 14.9. The molecule has 1 aromatic heterocycles. The zero-order chi connectivity index (χ0) is 18.0. The molecule has 0 aliphatic carbocycles. The lowest BCUT2D eigenvalue weighted by Crippen LogP contribution is -2.54. The summed E-state index contributed by atoms with van der Waals surface area (Å²) >= 11 is 3.53. The Labute approximate surface area is 156 Å². The van der Waals surface area contributed by atoms with E-state index in [2.05, 4.69) is 47.1 Å². The summed E-state index contributed by atoms with van der Waals surface area (Å²) in [4.78, 5) is 25.6. The molecule has 0 bridgehead atoms. The highest BCUT2D eigenvalue weighted by atomic mass is 79.9. The van der Waals surface area contributed by atoms with Gasteiger partial charge in [0.15, 0.2) is 0 Å². The first-order valence-corrected chi connectivity index (χ1v) is 9.44. The minimum Gasteiger partial charge on any atom is -0.353 e. The summed E-state index contributed by atoms with van der Waals surface area (Å²) in [5.41, 5.74) is 0.945. The fourth-order valence-electron chi connectivity index (χ4n) is 3.16. The molecule has 134 valence electrons. The van der Waals surface area contributed by atoms with Crippen molar-refractivity contribution in [3.05, 3.63) is 29.0 Å². The number of halogens is 1. The highest BCUT2D eigenvalue weighted by Gasteiger charge is 2.26. The molecule has 0 spiro atoms. The van der Waals surface area contributed by atoms with Crippen LogP contribution in [0, 0.1) is 0 Å². The van der Waals surface area contributed by atoms with Crippen LogP contribution in [-0.2, 0) is 4.79 Å². The van der Waals surface area contributed by atoms with Crippen molar-refractivity contribution in [2.24, 2.45) is 0 Å². The largest absolute Gasteiger partial charge is 0.353 e. The van der Waals surface area contributed by atoms with Gasteiger partial charge in [0.25, 0.3) is 0 Å². The first kappa shape index (κ1) is 18.1. The van der Waals surface area contributed by atoms with Gasteiger partial charge in [-0.15, -0.1) is 0 Å². The van der Waals surface area contributed by atoms with Gasteiger partial charge in [0.2, 0.25) is 5.91 Å². The Morgan fingerprint density at radius 2 is 1.88 bits per heavy atom. The fourth-order valence-corrected chi connectivity index (χ4v) is 3.52. The molecule has 1 saturated heterocycles. The first-order valence-electron chi connectivity index (χ1n) is 8.65. The van der Waals surface area contributed by atoms with Crippen LogP contribution in [0.1, 0.15) is 20.8 Å². The van der Waals surface area contributed by atoms with E-state index in [1.807, 2.05) is 32.9 Å². The predicted octanol–water partition coefficient (Wildman–Crippen LogP) is 2.43. The summed E-state index contributed by atoms with van der Waals surface area (Å²) in [6.07, 6.45) is 1.62. The average molecular weight is 406 g/mol. The molecule has 1 N–H and O–H groups in total. The topological polar surface area (TPSA) is 61.4 Å². The molecule has 2 aromatic rings. The lowest BCUT2D eigenvalue weighted by Gasteiger charge is -2.38. The van der Waals surface area contributed by atoms with Crippen LogP contribution in [0.25, 0.3) is 10.9 Å². The van der Waals surface area contributed by atoms with E-state index in [1.54, 1.807) is 6.33 Å². The van der Waals surface area contributed by atoms with Crippen LogP contribution >= 0.6 is 15.9 Å². The Hall–Kier alpha value is -1.73. The van der Waals surface area contributed by atoms with E-state index < -0.39 is 0 Å². The van der Waals surface area contributed by atoms with E-state index in [4.69, 9.17) is 0 Å².